The molecule has 4 heterocycles. The van der Waals surface area contributed by atoms with E-state index < -0.39 is 21.8 Å². The second-order valence-corrected chi connectivity index (χ2v) is 17.3. The number of hydrogen-bond acceptors (Lipinski definition) is 11. The minimum atomic E-state index is -3.64. The first-order valence-corrected chi connectivity index (χ1v) is 21.6. The van der Waals surface area contributed by atoms with E-state index in [9.17, 15) is 18.0 Å². The third-order valence-corrected chi connectivity index (χ3v) is 11.9. The lowest BCUT2D eigenvalue weighted by molar-refractivity contribution is -0.125. The molecule has 7 rings (SSSR count). The van der Waals surface area contributed by atoms with Gasteiger partial charge in [0, 0.05) is 60.9 Å². The van der Waals surface area contributed by atoms with Crippen molar-refractivity contribution in [2.75, 3.05) is 40.1 Å². The zero-order valence-corrected chi connectivity index (χ0v) is 34.4. The number of nitrogens with one attached hydrogen (secondary N) is 3. The van der Waals surface area contributed by atoms with Gasteiger partial charge in [-0.05, 0) is 67.5 Å². The second-order valence-electron chi connectivity index (χ2n) is 14.7. The van der Waals surface area contributed by atoms with Crippen molar-refractivity contribution in [1.29, 1.82) is 0 Å². The van der Waals surface area contributed by atoms with Gasteiger partial charge in [0.2, 0.25) is 39.5 Å². The van der Waals surface area contributed by atoms with E-state index in [2.05, 4.69) is 37.4 Å². The smallest absolute Gasteiger partial charge is 0.237 e. The van der Waals surface area contributed by atoms with Gasteiger partial charge in [-0.25, -0.2) is 13.4 Å². The maximum atomic E-state index is 12.6. The first kappa shape index (κ1) is 40.7. The molecule has 2 fully saturated rings. The number of hydrogen-bond donors (Lipinski definition) is 3. The molecule has 0 saturated carbocycles. The lowest BCUT2D eigenvalue weighted by atomic mass is 9.94. The fraction of sp³-hybridized carbons (Fsp3) is 0.415. The van der Waals surface area contributed by atoms with E-state index in [4.69, 9.17) is 42.4 Å². The van der Waals surface area contributed by atoms with Crippen LogP contribution in [0.1, 0.15) is 60.5 Å². The number of pyridine rings is 2. The number of aromatic nitrogens is 2. The van der Waals surface area contributed by atoms with Crippen LogP contribution in [0.4, 0.5) is 0 Å². The number of likely N-dealkylation sites (tertiary alicyclic amines) is 1. The Hall–Kier alpha value is -4.47. The minimum Gasteiger partial charge on any atom is -0.481 e. The molecule has 0 radical (unpaired) electrons. The van der Waals surface area contributed by atoms with Crippen LogP contribution in [0.5, 0.6) is 17.6 Å². The Morgan fingerprint density at radius 2 is 1.68 bits per heavy atom. The molecule has 3 N–H and O–H groups in total. The molecular weight excluding hydrogens is 791 g/mol. The standard InChI is InChI=1S/C41H46Cl2N6O7S/c1-54-39-24(20-44-21-27-13-17-36(50)45-27)12-15-34(46-39)32-11-5-10-31(37(32)43)28-8-4-9-30-29(28)14-16-35(30)56-41-33(42)19-26(40(47-41)55-2)23-49-18-6-7-25(22-49)38(51)48-57(3,52)53/h4-5,8-12,15,19,25,27,35,44H,6-7,13-14,16-18,20-23H2,1-3H3,(H,45,50)(H,48,51)/t25-,27+,35+/m1/s1. The number of benzene rings is 2. The van der Waals surface area contributed by atoms with Crippen LogP contribution in [0.2, 0.25) is 10.0 Å². The lowest BCUT2D eigenvalue weighted by Gasteiger charge is -2.32. The van der Waals surface area contributed by atoms with Crippen LogP contribution in [0.15, 0.2) is 54.6 Å². The summed E-state index contributed by atoms with van der Waals surface area (Å²) in [6, 6.07) is 17.9. The molecule has 1 aliphatic carbocycles. The third-order valence-electron chi connectivity index (χ3n) is 10.7. The van der Waals surface area contributed by atoms with Gasteiger partial charge in [-0.15, -0.1) is 0 Å². The fourth-order valence-corrected chi connectivity index (χ4v) is 9.07. The molecule has 16 heteroatoms. The number of piperidine rings is 1. The highest BCUT2D eigenvalue weighted by Gasteiger charge is 2.31. The molecule has 13 nitrogen and oxygen atoms in total. The maximum absolute atomic E-state index is 12.6. The molecule has 3 atom stereocenters. The summed E-state index contributed by atoms with van der Waals surface area (Å²) >= 11 is 14.0. The van der Waals surface area contributed by atoms with Crippen LogP contribution >= 0.6 is 23.2 Å². The summed E-state index contributed by atoms with van der Waals surface area (Å²) in [5, 5.41) is 7.29. The minimum absolute atomic E-state index is 0.0925. The van der Waals surface area contributed by atoms with Gasteiger partial charge < -0.3 is 24.8 Å². The molecule has 3 aliphatic rings. The quantitative estimate of drug-likeness (QED) is 0.140. The van der Waals surface area contributed by atoms with E-state index in [1.165, 1.54) is 7.11 Å². The second kappa shape index (κ2) is 17.6. The normalized spacial score (nSPS) is 19.5. The Labute approximate surface area is 342 Å². The van der Waals surface area contributed by atoms with Crippen LogP contribution < -0.4 is 29.6 Å². The summed E-state index contributed by atoms with van der Waals surface area (Å²) in [5.41, 5.74) is 7.15. The Morgan fingerprint density at radius 3 is 2.44 bits per heavy atom. The number of fused-ring (bicyclic) bond motifs is 1. The number of sulfonamides is 1. The van der Waals surface area contributed by atoms with Gasteiger partial charge in [-0.1, -0.05) is 65.7 Å². The highest BCUT2D eigenvalue weighted by atomic mass is 35.5. The van der Waals surface area contributed by atoms with Crippen LogP contribution in [-0.2, 0) is 39.1 Å². The van der Waals surface area contributed by atoms with Crippen LogP contribution in [0, 0.1) is 5.92 Å². The largest absolute Gasteiger partial charge is 0.481 e. The highest BCUT2D eigenvalue weighted by Crippen LogP contribution is 2.45. The number of halogens is 2. The van der Waals surface area contributed by atoms with Crippen LogP contribution in [0.3, 0.4) is 0 Å². The number of methoxy groups -OCH3 is 2. The first-order valence-electron chi connectivity index (χ1n) is 19.0. The van der Waals surface area contributed by atoms with E-state index in [1.807, 2.05) is 36.4 Å². The zero-order valence-electron chi connectivity index (χ0n) is 32.1. The molecule has 0 bridgehead atoms. The summed E-state index contributed by atoms with van der Waals surface area (Å²) in [5.74, 6) is 0.273. The van der Waals surface area contributed by atoms with Gasteiger partial charge in [0.25, 0.3) is 0 Å². The van der Waals surface area contributed by atoms with Gasteiger partial charge >= 0.3 is 0 Å². The molecular formula is C41H46Cl2N6O7S. The van der Waals surface area contributed by atoms with Crippen molar-refractivity contribution < 1.29 is 32.2 Å². The summed E-state index contributed by atoms with van der Waals surface area (Å²) < 4.78 is 43.2. The van der Waals surface area contributed by atoms with Crippen molar-refractivity contribution in [3.05, 3.63) is 86.9 Å². The summed E-state index contributed by atoms with van der Waals surface area (Å²) in [4.78, 5) is 35.7. The van der Waals surface area contributed by atoms with E-state index in [0.717, 1.165) is 71.0 Å². The molecule has 2 aromatic carbocycles. The van der Waals surface area contributed by atoms with Crippen molar-refractivity contribution in [3.8, 4) is 40.0 Å². The lowest BCUT2D eigenvalue weighted by Crippen LogP contribution is -2.44. The first-order chi connectivity index (χ1) is 27.4. The van der Waals surface area contributed by atoms with Gasteiger partial charge in [0.15, 0.2) is 0 Å². The zero-order chi connectivity index (χ0) is 40.3. The molecule has 2 aromatic heterocycles. The highest BCUT2D eigenvalue weighted by molar-refractivity contribution is 7.89. The summed E-state index contributed by atoms with van der Waals surface area (Å²) in [6.45, 7) is 2.76. The molecule has 2 saturated heterocycles. The molecule has 4 aromatic rings. The van der Waals surface area contributed by atoms with E-state index >= 15 is 0 Å². The third kappa shape index (κ3) is 9.47. The van der Waals surface area contributed by atoms with Gasteiger partial charge in [0.05, 0.1) is 37.1 Å². The Bertz CT molecular complexity index is 2280. The molecule has 302 valence electrons. The number of nitrogens with zero attached hydrogens (tertiary/aromatic N) is 3. The average molecular weight is 838 g/mol. The van der Waals surface area contributed by atoms with E-state index in [0.29, 0.717) is 72.9 Å². The van der Waals surface area contributed by atoms with E-state index in [-0.39, 0.29) is 23.9 Å². The van der Waals surface area contributed by atoms with Crippen molar-refractivity contribution in [2.45, 2.75) is 63.8 Å². The van der Waals surface area contributed by atoms with Crippen molar-refractivity contribution in [2.24, 2.45) is 5.92 Å². The molecule has 0 spiro atoms. The predicted molar refractivity (Wildman–Crippen MR) is 218 cm³/mol. The fourth-order valence-electron chi connectivity index (χ4n) is 7.99. The Morgan fingerprint density at radius 1 is 0.930 bits per heavy atom. The summed E-state index contributed by atoms with van der Waals surface area (Å²) in [6.07, 6.45) is 4.87. The molecule has 57 heavy (non-hydrogen) atoms. The SMILES string of the molecule is COc1nc(-c2cccc(-c3cccc4c3CC[C@@H]4Oc3nc(OC)c(CN4CCC[C@@H](C(=O)NS(C)(=O)=O)C4)cc3Cl)c2Cl)ccc1CNC[C@@H]1CCC(=O)N1. The van der Waals surface area contributed by atoms with Gasteiger partial charge in [-0.3, -0.25) is 19.2 Å². The molecule has 0 unspecified atom stereocenters. The molecule has 2 amide bonds. The Kier molecular flexibility index (Phi) is 12.6. The predicted octanol–water partition coefficient (Wildman–Crippen LogP) is 5.86. The topological polar surface area (TPSA) is 161 Å². The number of ether oxygens (including phenoxy) is 3. The van der Waals surface area contributed by atoms with Gasteiger partial charge in [0.1, 0.15) is 11.1 Å². The van der Waals surface area contributed by atoms with Crippen LogP contribution in [0.25, 0.3) is 22.4 Å². The Balaban J connectivity index is 1.06. The van der Waals surface area contributed by atoms with Gasteiger partial charge in [-0.2, -0.15) is 4.98 Å². The van der Waals surface area contributed by atoms with Crippen molar-refractivity contribution in [3.63, 3.8) is 0 Å². The van der Waals surface area contributed by atoms with Crippen molar-refractivity contribution >= 4 is 45.0 Å². The average Bonchev–Trinajstić information content (AvgIpc) is 3.80. The number of carbonyl (C=O) groups is 2. The van der Waals surface area contributed by atoms with Crippen molar-refractivity contribution in [1.82, 2.24) is 30.2 Å². The maximum Gasteiger partial charge on any atom is 0.237 e. The number of rotatable bonds is 14. The van der Waals surface area contributed by atoms with Crippen LogP contribution in [-0.4, -0.2) is 81.3 Å². The number of carbonyl (C=O) groups excluding carboxylic acids is 2. The van der Waals surface area contributed by atoms with E-state index in [1.54, 1.807) is 13.2 Å². The number of amides is 2. The summed E-state index contributed by atoms with van der Waals surface area (Å²) in [7, 11) is -0.501. The molecule has 2 aliphatic heterocycles. The monoisotopic (exact) mass is 836 g/mol.